The van der Waals surface area contributed by atoms with Gasteiger partial charge in [-0.15, -0.1) is 0 Å². The number of nitrogens with one attached hydrogen (secondary N) is 2. The van der Waals surface area contributed by atoms with Crippen molar-refractivity contribution in [2.24, 2.45) is 11.5 Å². The summed E-state index contributed by atoms with van der Waals surface area (Å²) in [6.45, 7) is 1.44. The first-order valence-electron chi connectivity index (χ1n) is 8.93. The van der Waals surface area contributed by atoms with Crippen LogP contribution in [0.1, 0.15) is 6.92 Å². The zero-order valence-corrected chi connectivity index (χ0v) is 17.1. The number of benzene rings is 2. The summed E-state index contributed by atoms with van der Waals surface area (Å²) >= 11 is 0. The highest BCUT2D eigenvalue weighted by Crippen LogP contribution is 2.65. The van der Waals surface area contributed by atoms with E-state index in [-0.39, 0.29) is 23.0 Å². The van der Waals surface area contributed by atoms with Gasteiger partial charge in [0.15, 0.2) is 0 Å². The molecule has 0 spiro atoms. The van der Waals surface area contributed by atoms with Crippen LogP contribution in [0.4, 0.5) is 0 Å². The van der Waals surface area contributed by atoms with Crippen molar-refractivity contribution in [3.8, 4) is 17.2 Å². The van der Waals surface area contributed by atoms with Crippen LogP contribution < -0.4 is 30.4 Å². The molecule has 1 heterocycles. The number of carbonyl (C=O) groups excluding carboxylic acids is 4. The molecule has 7 N–H and O–H groups in total. The number of para-hydroxylation sites is 1. The molecule has 2 aromatic rings. The van der Waals surface area contributed by atoms with Crippen LogP contribution >= 0.6 is 10.4 Å². The van der Waals surface area contributed by atoms with Crippen molar-refractivity contribution in [3.63, 3.8) is 0 Å². The maximum Gasteiger partial charge on any atom is 0.319 e. The van der Waals surface area contributed by atoms with E-state index < -0.39 is 40.1 Å². The molecule has 0 radical (unpaired) electrons. The summed E-state index contributed by atoms with van der Waals surface area (Å²) in [4.78, 5) is 48.2. The molecule has 0 aromatic heterocycles. The van der Waals surface area contributed by atoms with Crippen LogP contribution in [0.15, 0.2) is 52.3 Å². The lowest BCUT2D eigenvalue weighted by atomic mass is 10.3. The van der Waals surface area contributed by atoms with Crippen molar-refractivity contribution in [1.29, 1.82) is 0 Å². The molecular formula is C19H20N4O7S. The van der Waals surface area contributed by atoms with Gasteiger partial charge in [-0.05, 0) is 41.6 Å². The summed E-state index contributed by atoms with van der Waals surface area (Å²) in [5, 5.41) is 9.22. The van der Waals surface area contributed by atoms with E-state index in [4.69, 9.17) is 20.9 Å². The first-order valence-corrected chi connectivity index (χ1v) is 10.6. The fourth-order valence-corrected chi connectivity index (χ4v) is 5.67. The van der Waals surface area contributed by atoms with Crippen LogP contribution in [0, 0.1) is 0 Å². The van der Waals surface area contributed by atoms with Crippen molar-refractivity contribution >= 4 is 34.0 Å². The molecule has 0 saturated heterocycles. The largest absolute Gasteiger partial charge is 0.488 e. The smallest absolute Gasteiger partial charge is 0.319 e. The Morgan fingerprint density at radius 2 is 1.58 bits per heavy atom. The maximum atomic E-state index is 12.3. The molecule has 12 heteroatoms. The van der Waals surface area contributed by atoms with Gasteiger partial charge in [-0.2, -0.15) is 0 Å². The van der Waals surface area contributed by atoms with Crippen molar-refractivity contribution in [2.45, 2.75) is 22.8 Å². The third-order valence-electron chi connectivity index (χ3n) is 4.18. The van der Waals surface area contributed by atoms with Gasteiger partial charge in [0.25, 0.3) is 0 Å². The highest BCUT2D eigenvalue weighted by Gasteiger charge is 2.42. The van der Waals surface area contributed by atoms with E-state index in [0.29, 0.717) is 10.6 Å². The van der Waals surface area contributed by atoms with Crippen molar-refractivity contribution in [2.75, 3.05) is 6.61 Å². The Labute approximate surface area is 178 Å². The van der Waals surface area contributed by atoms with Crippen LogP contribution in [0.5, 0.6) is 17.2 Å². The minimum Gasteiger partial charge on any atom is -0.488 e. The van der Waals surface area contributed by atoms with E-state index in [9.17, 15) is 24.3 Å². The van der Waals surface area contributed by atoms with Crippen LogP contribution in [-0.4, -0.2) is 41.4 Å². The molecule has 0 saturated carbocycles. The molecule has 0 fully saturated rings. The van der Waals surface area contributed by atoms with Gasteiger partial charge in [-0.3, -0.25) is 28.6 Å². The van der Waals surface area contributed by atoms with Gasteiger partial charge in [-0.1, -0.05) is 12.1 Å². The van der Waals surface area contributed by atoms with Crippen LogP contribution in [0.25, 0.3) is 0 Å². The molecule has 0 bridgehead atoms. The molecule has 164 valence electrons. The third kappa shape index (κ3) is 4.25. The predicted molar refractivity (Wildman–Crippen MR) is 109 cm³/mol. The summed E-state index contributed by atoms with van der Waals surface area (Å²) in [5.74, 6) is -4.16. The second-order valence-electron chi connectivity index (χ2n) is 6.47. The number of nitrogens with two attached hydrogens (primary N) is 2. The number of aliphatic hydroxyl groups excluding tert-OH is 1. The molecule has 0 unspecified atom stereocenters. The Morgan fingerprint density at radius 1 is 1.00 bits per heavy atom. The predicted octanol–water partition coefficient (Wildman–Crippen LogP) is -0.193. The number of rotatable bonds is 5. The van der Waals surface area contributed by atoms with E-state index in [2.05, 4.69) is 9.44 Å². The average molecular weight is 448 g/mol. The minimum absolute atomic E-state index is 0.186. The monoisotopic (exact) mass is 448 g/mol. The second kappa shape index (κ2) is 8.53. The molecule has 1 aliphatic heterocycles. The zero-order valence-electron chi connectivity index (χ0n) is 16.3. The molecule has 31 heavy (non-hydrogen) atoms. The maximum absolute atomic E-state index is 12.3. The van der Waals surface area contributed by atoms with Crippen LogP contribution in [0.3, 0.4) is 0 Å². The van der Waals surface area contributed by atoms with Gasteiger partial charge in [0.1, 0.15) is 23.4 Å². The highest BCUT2D eigenvalue weighted by molar-refractivity contribution is 8.31. The number of primary amides is 2. The van der Waals surface area contributed by atoms with Crippen LogP contribution in [-0.2, 0) is 19.2 Å². The number of fused-ring (bicyclic) bond motifs is 2. The Kier molecular flexibility index (Phi) is 6.04. The van der Waals surface area contributed by atoms with Crippen LogP contribution in [0.2, 0.25) is 0 Å². The van der Waals surface area contributed by atoms with Gasteiger partial charge in [0.05, 0.1) is 16.4 Å². The van der Waals surface area contributed by atoms with E-state index in [1.54, 1.807) is 31.2 Å². The van der Waals surface area contributed by atoms with E-state index >= 15 is 0 Å². The first-order chi connectivity index (χ1) is 14.7. The summed E-state index contributed by atoms with van der Waals surface area (Å²) in [6, 6.07) is 11.0. The molecule has 1 aliphatic rings. The Morgan fingerprint density at radius 3 is 2.16 bits per heavy atom. The highest BCUT2D eigenvalue weighted by atomic mass is 32.3. The fraction of sp³-hybridized carbons (Fsp3) is 0.158. The zero-order chi connectivity index (χ0) is 22.8. The average Bonchev–Trinajstić information content (AvgIpc) is 2.73. The molecule has 4 amide bonds. The van der Waals surface area contributed by atoms with Crippen molar-refractivity contribution < 1.29 is 33.8 Å². The molecule has 3 rings (SSSR count). The first kappa shape index (κ1) is 21.9. The van der Waals surface area contributed by atoms with Gasteiger partial charge < -0.3 is 26.0 Å². The Bertz CT molecular complexity index is 1050. The topological polar surface area (TPSA) is 183 Å². The summed E-state index contributed by atoms with van der Waals surface area (Å²) in [7, 11) is -3.09. The van der Waals surface area contributed by atoms with Crippen molar-refractivity contribution in [3.05, 3.63) is 42.5 Å². The standard InChI is InChI=1S/C19H20N4O7S/c1-10(9-24)29-11-6-7-15-13(8-11)30-12-4-2-3-5-14(12)31(15,22-18(27)16(20)25)23-19(28)17(21)26/h2-8,10,24H,9H2,1H3,(H2,20,25)(H2,21,26)(H,22,27)(H,23,28)/t10-/m0/s1. The minimum atomic E-state index is -3.09. The molecule has 11 nitrogen and oxygen atoms in total. The number of carbonyl (C=O) groups is 4. The molecule has 2 aromatic carbocycles. The number of ether oxygens (including phenoxy) is 2. The normalized spacial score (nSPS) is 15.2. The summed E-state index contributed by atoms with van der Waals surface area (Å²) in [6.07, 6.45) is -0.504. The number of hydrogen-bond acceptors (Lipinski definition) is 7. The Hall–Kier alpha value is -3.77. The van der Waals surface area contributed by atoms with E-state index in [1.807, 2.05) is 0 Å². The SMILES string of the molecule is C[C@@H](CO)Oc1ccc2c(c1)Oc1ccccc1S2(NC(=O)C(N)=O)NC(=O)C(N)=O. The summed E-state index contributed by atoms with van der Waals surface area (Å²) in [5.41, 5.74) is 10.2. The lowest BCUT2D eigenvalue weighted by molar-refractivity contribution is -0.136. The molecule has 0 aliphatic carbocycles. The van der Waals surface area contributed by atoms with E-state index in [1.165, 1.54) is 18.2 Å². The van der Waals surface area contributed by atoms with Gasteiger partial charge in [0, 0.05) is 6.07 Å². The van der Waals surface area contributed by atoms with E-state index in [0.717, 1.165) is 0 Å². The Balaban J connectivity index is 2.22. The van der Waals surface area contributed by atoms with Crippen molar-refractivity contribution in [1.82, 2.24) is 9.44 Å². The number of aliphatic hydroxyl groups is 1. The lowest BCUT2D eigenvalue weighted by Crippen LogP contribution is -2.48. The van der Waals surface area contributed by atoms with Gasteiger partial charge in [-0.25, -0.2) is 0 Å². The van der Waals surface area contributed by atoms with Gasteiger partial charge >= 0.3 is 23.6 Å². The quantitative estimate of drug-likeness (QED) is 0.392. The number of hydrogen-bond donors (Lipinski definition) is 5. The number of amides is 4. The third-order valence-corrected chi connectivity index (χ3v) is 7.15. The molecular weight excluding hydrogens is 428 g/mol. The lowest BCUT2D eigenvalue weighted by Gasteiger charge is -2.44. The summed E-state index contributed by atoms with van der Waals surface area (Å²) < 4.78 is 16.4. The molecule has 1 atom stereocenters. The van der Waals surface area contributed by atoms with Gasteiger partial charge in [0.2, 0.25) is 0 Å². The fourth-order valence-electron chi connectivity index (χ4n) is 2.81. The second-order valence-corrected chi connectivity index (χ2v) is 8.98.